The van der Waals surface area contributed by atoms with E-state index in [1.165, 1.54) is 6.08 Å². The highest BCUT2D eigenvalue weighted by Crippen LogP contribution is 2.35. The van der Waals surface area contributed by atoms with Crippen molar-refractivity contribution in [1.29, 1.82) is 0 Å². The topological polar surface area (TPSA) is 63.1 Å². The zero-order valence-electron chi connectivity index (χ0n) is 10.6. The van der Waals surface area contributed by atoms with E-state index in [9.17, 15) is 18.3 Å². The minimum Gasteiger partial charge on any atom is -0.454 e. The second-order valence-corrected chi connectivity index (χ2v) is 4.70. The van der Waals surface area contributed by atoms with Crippen molar-refractivity contribution in [2.75, 3.05) is 6.79 Å². The SMILES string of the molecule is OC1(C(F)(F)F)CC(/C=C/c2ccc3c(c2)OCO3)=NN1. The molecular formula is C13H11F3N2O3. The van der Waals surface area contributed by atoms with Gasteiger partial charge < -0.3 is 14.6 Å². The van der Waals surface area contributed by atoms with Crippen LogP contribution in [0.2, 0.25) is 0 Å². The molecule has 0 radical (unpaired) electrons. The molecule has 2 N–H and O–H groups in total. The van der Waals surface area contributed by atoms with Crippen LogP contribution in [-0.2, 0) is 0 Å². The normalized spacial score (nSPS) is 24.3. The van der Waals surface area contributed by atoms with Crippen LogP contribution in [0.25, 0.3) is 6.08 Å². The molecule has 8 heteroatoms. The number of hydrogen-bond donors (Lipinski definition) is 2. The Bertz CT molecular complexity index is 628. The lowest BCUT2D eigenvalue weighted by Gasteiger charge is -2.24. The lowest BCUT2D eigenvalue weighted by molar-refractivity contribution is -0.266. The van der Waals surface area contributed by atoms with E-state index in [0.717, 1.165) is 5.56 Å². The molecule has 0 bridgehead atoms. The molecule has 0 fully saturated rings. The van der Waals surface area contributed by atoms with Gasteiger partial charge in [-0.1, -0.05) is 12.1 Å². The zero-order valence-corrected chi connectivity index (χ0v) is 10.6. The summed E-state index contributed by atoms with van der Waals surface area (Å²) in [5.74, 6) is 1.20. The molecule has 0 saturated heterocycles. The number of allylic oxidation sites excluding steroid dienone is 1. The molecule has 0 aromatic heterocycles. The smallest absolute Gasteiger partial charge is 0.438 e. The van der Waals surface area contributed by atoms with E-state index in [0.29, 0.717) is 11.5 Å². The largest absolute Gasteiger partial charge is 0.454 e. The molecular weight excluding hydrogens is 289 g/mol. The minimum absolute atomic E-state index is 0.104. The van der Waals surface area contributed by atoms with Gasteiger partial charge in [-0.05, 0) is 23.8 Å². The van der Waals surface area contributed by atoms with Crippen molar-refractivity contribution in [3.05, 3.63) is 29.8 Å². The third kappa shape index (κ3) is 2.54. The summed E-state index contributed by atoms with van der Waals surface area (Å²) >= 11 is 0. The Morgan fingerprint density at radius 1 is 1.24 bits per heavy atom. The van der Waals surface area contributed by atoms with Crippen molar-refractivity contribution in [3.8, 4) is 11.5 Å². The Kier molecular flexibility index (Phi) is 3.05. The summed E-state index contributed by atoms with van der Waals surface area (Å²) in [6.07, 6.45) is -2.43. The van der Waals surface area contributed by atoms with Gasteiger partial charge in [0.05, 0.1) is 12.1 Å². The van der Waals surface area contributed by atoms with Crippen LogP contribution < -0.4 is 14.9 Å². The molecule has 1 unspecified atom stereocenters. The van der Waals surface area contributed by atoms with Crippen molar-refractivity contribution in [2.24, 2.45) is 5.10 Å². The van der Waals surface area contributed by atoms with Crippen LogP contribution in [0.1, 0.15) is 12.0 Å². The monoisotopic (exact) mass is 300 g/mol. The molecule has 112 valence electrons. The molecule has 2 aliphatic rings. The van der Waals surface area contributed by atoms with E-state index in [-0.39, 0.29) is 12.5 Å². The lowest BCUT2D eigenvalue weighted by atomic mass is 10.1. The Morgan fingerprint density at radius 2 is 2.00 bits per heavy atom. The quantitative estimate of drug-likeness (QED) is 0.877. The first-order valence-corrected chi connectivity index (χ1v) is 6.08. The number of hydrogen-bond acceptors (Lipinski definition) is 5. The molecule has 2 heterocycles. The van der Waals surface area contributed by atoms with Gasteiger partial charge in [-0.3, -0.25) is 5.43 Å². The van der Waals surface area contributed by atoms with Gasteiger partial charge in [-0.25, -0.2) is 0 Å². The first-order chi connectivity index (χ1) is 9.87. The number of hydrazone groups is 1. The predicted molar refractivity (Wildman–Crippen MR) is 67.8 cm³/mol. The van der Waals surface area contributed by atoms with E-state index in [1.807, 2.05) is 0 Å². The van der Waals surface area contributed by atoms with Gasteiger partial charge in [-0.15, -0.1) is 0 Å². The summed E-state index contributed by atoms with van der Waals surface area (Å²) in [5, 5.41) is 12.9. The highest BCUT2D eigenvalue weighted by molar-refractivity contribution is 5.99. The number of ether oxygens (including phenoxy) is 2. The van der Waals surface area contributed by atoms with Gasteiger partial charge in [0, 0.05) is 0 Å². The molecule has 0 saturated carbocycles. The molecule has 0 aliphatic carbocycles. The minimum atomic E-state index is -4.79. The first-order valence-electron chi connectivity index (χ1n) is 6.08. The fourth-order valence-corrected chi connectivity index (χ4v) is 1.97. The number of halogens is 3. The highest BCUT2D eigenvalue weighted by Gasteiger charge is 2.56. The molecule has 1 aromatic carbocycles. The maximum Gasteiger partial charge on any atom is 0.438 e. The van der Waals surface area contributed by atoms with Crippen LogP contribution in [0.4, 0.5) is 13.2 Å². The number of rotatable bonds is 2. The van der Waals surface area contributed by atoms with E-state index >= 15 is 0 Å². The molecule has 5 nitrogen and oxygen atoms in total. The van der Waals surface area contributed by atoms with Crippen molar-refractivity contribution >= 4 is 11.8 Å². The Morgan fingerprint density at radius 3 is 2.71 bits per heavy atom. The molecule has 2 aliphatic heterocycles. The second-order valence-electron chi connectivity index (χ2n) is 4.70. The predicted octanol–water partition coefficient (Wildman–Crippen LogP) is 2.03. The second kappa shape index (κ2) is 4.66. The fourth-order valence-electron chi connectivity index (χ4n) is 1.97. The number of fused-ring (bicyclic) bond motifs is 1. The summed E-state index contributed by atoms with van der Waals surface area (Å²) in [5.41, 5.74) is -0.444. The average Bonchev–Trinajstić information content (AvgIpc) is 3.02. The molecule has 0 amide bonds. The average molecular weight is 300 g/mol. The first kappa shape index (κ1) is 13.7. The van der Waals surface area contributed by atoms with Gasteiger partial charge in [-0.2, -0.15) is 18.3 Å². The molecule has 1 aromatic rings. The van der Waals surface area contributed by atoms with Gasteiger partial charge in [0.15, 0.2) is 11.5 Å². The van der Waals surface area contributed by atoms with Gasteiger partial charge in [0.25, 0.3) is 5.72 Å². The van der Waals surface area contributed by atoms with Crippen LogP contribution in [0.5, 0.6) is 11.5 Å². The number of nitrogens with one attached hydrogen (secondary N) is 1. The van der Waals surface area contributed by atoms with Gasteiger partial charge in [0.1, 0.15) is 0 Å². The molecule has 3 rings (SSSR count). The lowest BCUT2D eigenvalue weighted by Crippen LogP contribution is -2.52. The Labute approximate surface area is 117 Å². The standard InChI is InChI=1S/C13H11F3N2O3/c14-13(15,16)12(19)6-9(17-18-12)3-1-8-2-4-10-11(5-8)21-7-20-10/h1-5,18-19H,6-7H2/b3-1+. The molecule has 21 heavy (non-hydrogen) atoms. The highest BCUT2D eigenvalue weighted by atomic mass is 19.4. The van der Waals surface area contributed by atoms with E-state index in [2.05, 4.69) is 5.10 Å². The van der Waals surface area contributed by atoms with Crippen LogP contribution in [0.3, 0.4) is 0 Å². The van der Waals surface area contributed by atoms with Crippen molar-refractivity contribution in [3.63, 3.8) is 0 Å². The van der Waals surface area contributed by atoms with Gasteiger partial charge >= 0.3 is 6.18 Å². The van der Waals surface area contributed by atoms with Gasteiger partial charge in [0.2, 0.25) is 6.79 Å². The van der Waals surface area contributed by atoms with Crippen LogP contribution in [0.15, 0.2) is 29.4 Å². The van der Waals surface area contributed by atoms with E-state index in [4.69, 9.17) is 9.47 Å². The van der Waals surface area contributed by atoms with E-state index < -0.39 is 18.3 Å². The fraction of sp³-hybridized carbons (Fsp3) is 0.308. The van der Waals surface area contributed by atoms with Crippen molar-refractivity contribution in [1.82, 2.24) is 5.43 Å². The summed E-state index contributed by atoms with van der Waals surface area (Å²) in [6, 6.07) is 5.16. The number of benzene rings is 1. The third-order valence-corrected chi connectivity index (χ3v) is 3.16. The maximum absolute atomic E-state index is 12.6. The Balaban J connectivity index is 1.71. The summed E-state index contributed by atoms with van der Waals surface area (Å²) in [7, 11) is 0. The van der Waals surface area contributed by atoms with Crippen LogP contribution in [-0.4, -0.2) is 29.5 Å². The van der Waals surface area contributed by atoms with Crippen molar-refractivity contribution in [2.45, 2.75) is 18.3 Å². The van der Waals surface area contributed by atoms with Crippen molar-refractivity contribution < 1.29 is 27.8 Å². The molecule has 0 spiro atoms. The van der Waals surface area contributed by atoms with E-state index in [1.54, 1.807) is 29.7 Å². The molecule has 1 atom stereocenters. The number of alkyl halides is 3. The summed E-state index contributed by atoms with van der Waals surface area (Å²) in [4.78, 5) is 0. The summed E-state index contributed by atoms with van der Waals surface area (Å²) in [6.45, 7) is 0.151. The van der Waals surface area contributed by atoms with Crippen LogP contribution >= 0.6 is 0 Å². The zero-order chi connectivity index (χ0) is 15.1. The Hall–Kier alpha value is -2.22. The maximum atomic E-state index is 12.6. The third-order valence-electron chi connectivity index (χ3n) is 3.16. The number of aliphatic hydroxyl groups is 1. The summed E-state index contributed by atoms with van der Waals surface area (Å²) < 4.78 is 48.1. The number of nitrogens with zero attached hydrogens (tertiary/aromatic N) is 1. The van der Waals surface area contributed by atoms with Crippen LogP contribution in [0, 0.1) is 0 Å².